The van der Waals surface area contributed by atoms with E-state index < -0.39 is 5.54 Å². The van der Waals surface area contributed by atoms with Crippen LogP contribution in [0, 0.1) is 0 Å². The normalized spacial score (nSPS) is 22.1. The molecular weight excluding hydrogens is 328 g/mol. The van der Waals surface area contributed by atoms with E-state index in [1.54, 1.807) is 16.2 Å². The number of hydrogen-bond acceptors (Lipinski definition) is 3. The minimum Gasteiger partial charge on any atom is -0.340 e. The van der Waals surface area contributed by atoms with Crippen molar-refractivity contribution in [3.05, 3.63) is 20.8 Å². The molecular formula is C13H15BrN2O2S. The Morgan fingerprint density at radius 2 is 2.05 bits per heavy atom. The molecule has 1 N–H and O–H groups in total. The lowest BCUT2D eigenvalue weighted by Crippen LogP contribution is -2.65. The molecule has 2 amide bonds. The molecule has 0 unspecified atom stereocenters. The van der Waals surface area contributed by atoms with Crippen molar-refractivity contribution in [3.8, 4) is 0 Å². The van der Waals surface area contributed by atoms with Gasteiger partial charge in [-0.25, -0.2) is 0 Å². The van der Waals surface area contributed by atoms with Crippen LogP contribution in [0.3, 0.4) is 0 Å². The molecule has 19 heavy (non-hydrogen) atoms. The summed E-state index contributed by atoms with van der Waals surface area (Å²) < 4.78 is 1.05. The molecule has 1 saturated carbocycles. The van der Waals surface area contributed by atoms with Crippen molar-refractivity contribution in [2.75, 3.05) is 6.54 Å². The highest BCUT2D eigenvalue weighted by molar-refractivity contribution is 9.11. The summed E-state index contributed by atoms with van der Waals surface area (Å²) in [5, 5.41) is 2.93. The van der Waals surface area contributed by atoms with E-state index in [-0.39, 0.29) is 18.4 Å². The molecule has 3 rings (SSSR count). The first-order valence-corrected chi connectivity index (χ1v) is 8.05. The van der Waals surface area contributed by atoms with Crippen LogP contribution >= 0.6 is 27.3 Å². The first-order chi connectivity index (χ1) is 9.09. The molecule has 0 bridgehead atoms. The average molecular weight is 343 g/mol. The highest BCUT2D eigenvalue weighted by atomic mass is 79.9. The molecule has 2 fully saturated rings. The second kappa shape index (κ2) is 4.90. The van der Waals surface area contributed by atoms with E-state index in [4.69, 9.17) is 0 Å². The number of carbonyl (C=O) groups is 2. The van der Waals surface area contributed by atoms with Gasteiger partial charge in [-0.15, -0.1) is 11.3 Å². The Hall–Kier alpha value is -0.880. The van der Waals surface area contributed by atoms with Gasteiger partial charge in [0.25, 0.3) is 0 Å². The average Bonchev–Trinajstić information content (AvgIpc) is 2.96. The predicted octanol–water partition coefficient (Wildman–Crippen LogP) is 2.28. The fraction of sp³-hybridized carbons (Fsp3) is 0.538. The van der Waals surface area contributed by atoms with Gasteiger partial charge in [-0.05, 0) is 40.9 Å². The van der Waals surface area contributed by atoms with Crippen molar-refractivity contribution in [1.82, 2.24) is 10.2 Å². The van der Waals surface area contributed by atoms with Gasteiger partial charge < -0.3 is 10.2 Å². The van der Waals surface area contributed by atoms with E-state index in [1.165, 1.54) is 0 Å². The first kappa shape index (κ1) is 13.1. The van der Waals surface area contributed by atoms with Crippen LogP contribution in [0.2, 0.25) is 0 Å². The van der Waals surface area contributed by atoms with Crippen LogP contribution in [0.1, 0.15) is 30.6 Å². The van der Waals surface area contributed by atoms with Gasteiger partial charge in [0.1, 0.15) is 12.1 Å². The van der Waals surface area contributed by atoms with Crippen LogP contribution in [0.4, 0.5) is 0 Å². The summed E-state index contributed by atoms with van der Waals surface area (Å²) in [4.78, 5) is 27.3. The Labute approximate surface area is 124 Å². The van der Waals surface area contributed by atoms with Gasteiger partial charge in [0, 0.05) is 4.88 Å². The largest absolute Gasteiger partial charge is 0.340 e. The molecule has 0 atom stereocenters. The Balaban J connectivity index is 1.80. The van der Waals surface area contributed by atoms with Gasteiger partial charge in [0.05, 0.1) is 10.3 Å². The molecule has 6 heteroatoms. The zero-order valence-corrected chi connectivity index (χ0v) is 12.8. The van der Waals surface area contributed by atoms with Crippen molar-refractivity contribution in [3.63, 3.8) is 0 Å². The lowest BCUT2D eigenvalue weighted by atomic mass is 9.93. The second-order valence-electron chi connectivity index (χ2n) is 5.20. The summed E-state index contributed by atoms with van der Waals surface area (Å²) in [5.41, 5.74) is -0.607. The molecule has 0 radical (unpaired) electrons. The molecule has 1 aliphatic heterocycles. The smallest absolute Gasteiger partial charge is 0.249 e. The van der Waals surface area contributed by atoms with Crippen molar-refractivity contribution < 1.29 is 9.59 Å². The van der Waals surface area contributed by atoms with Gasteiger partial charge in [-0.3, -0.25) is 9.59 Å². The van der Waals surface area contributed by atoms with Crippen LogP contribution in [0.5, 0.6) is 0 Å². The van der Waals surface area contributed by atoms with Crippen LogP contribution in [-0.2, 0) is 16.1 Å². The van der Waals surface area contributed by atoms with Gasteiger partial charge in [0.15, 0.2) is 0 Å². The molecule has 102 valence electrons. The number of piperazine rings is 1. The van der Waals surface area contributed by atoms with Crippen LogP contribution in [0.15, 0.2) is 15.9 Å². The number of nitrogens with zero attached hydrogens (tertiary/aromatic N) is 1. The minimum atomic E-state index is -0.607. The van der Waals surface area contributed by atoms with Crippen LogP contribution in [-0.4, -0.2) is 28.8 Å². The number of amides is 2. The molecule has 1 aliphatic carbocycles. The number of halogens is 1. The minimum absolute atomic E-state index is 0.0304. The van der Waals surface area contributed by atoms with E-state index in [9.17, 15) is 9.59 Å². The van der Waals surface area contributed by atoms with Crippen molar-refractivity contribution >= 4 is 39.1 Å². The summed E-state index contributed by atoms with van der Waals surface area (Å²) in [6.45, 7) is 0.709. The zero-order chi connectivity index (χ0) is 13.5. The number of thiophene rings is 1. The number of carbonyl (C=O) groups excluding carboxylic acids is 2. The third-order valence-electron chi connectivity index (χ3n) is 3.84. The monoisotopic (exact) mass is 342 g/mol. The highest BCUT2D eigenvalue weighted by Gasteiger charge is 2.48. The Morgan fingerprint density at radius 1 is 1.32 bits per heavy atom. The number of nitrogens with one attached hydrogen (secondary N) is 1. The molecule has 4 nitrogen and oxygen atoms in total. The SMILES string of the molecule is O=C1CN(Cc2ccc(Br)s2)C(=O)C2(CCCC2)N1. The van der Waals surface area contributed by atoms with Gasteiger partial charge >= 0.3 is 0 Å². The number of hydrogen-bond donors (Lipinski definition) is 1. The van der Waals surface area contributed by atoms with E-state index in [0.717, 1.165) is 34.3 Å². The molecule has 2 heterocycles. The van der Waals surface area contributed by atoms with Crippen molar-refractivity contribution in [1.29, 1.82) is 0 Å². The van der Waals surface area contributed by atoms with Gasteiger partial charge in [-0.1, -0.05) is 12.8 Å². The summed E-state index contributed by atoms with van der Waals surface area (Å²) in [7, 11) is 0. The Kier molecular flexibility index (Phi) is 3.39. The van der Waals surface area contributed by atoms with Gasteiger partial charge in [-0.2, -0.15) is 0 Å². The maximum absolute atomic E-state index is 12.6. The Bertz CT molecular complexity index is 522. The molecule has 0 aromatic carbocycles. The fourth-order valence-electron chi connectivity index (χ4n) is 2.98. The zero-order valence-electron chi connectivity index (χ0n) is 10.4. The van der Waals surface area contributed by atoms with Crippen molar-refractivity contribution in [2.45, 2.75) is 37.8 Å². The van der Waals surface area contributed by atoms with E-state index in [2.05, 4.69) is 21.2 Å². The maximum Gasteiger partial charge on any atom is 0.249 e. The Morgan fingerprint density at radius 3 is 2.68 bits per heavy atom. The third kappa shape index (κ3) is 2.43. The van der Waals surface area contributed by atoms with E-state index in [0.29, 0.717) is 6.54 Å². The predicted molar refractivity (Wildman–Crippen MR) is 76.8 cm³/mol. The number of rotatable bonds is 2. The van der Waals surface area contributed by atoms with Crippen LogP contribution < -0.4 is 5.32 Å². The standard InChI is InChI=1S/C13H15BrN2O2S/c14-10-4-3-9(19-10)7-16-8-11(17)15-13(12(16)18)5-1-2-6-13/h3-4H,1-2,5-8H2,(H,15,17). The molecule has 1 aromatic rings. The third-order valence-corrected chi connectivity index (χ3v) is 5.45. The van der Waals surface area contributed by atoms with E-state index >= 15 is 0 Å². The first-order valence-electron chi connectivity index (χ1n) is 6.44. The second-order valence-corrected chi connectivity index (χ2v) is 7.75. The van der Waals surface area contributed by atoms with E-state index in [1.807, 2.05) is 12.1 Å². The fourth-order valence-corrected chi connectivity index (χ4v) is 4.48. The summed E-state index contributed by atoms with van der Waals surface area (Å²) in [6.07, 6.45) is 3.60. The summed E-state index contributed by atoms with van der Waals surface area (Å²) in [5.74, 6) is 0.0613. The topological polar surface area (TPSA) is 49.4 Å². The van der Waals surface area contributed by atoms with Crippen molar-refractivity contribution in [2.24, 2.45) is 0 Å². The molecule has 1 spiro atoms. The van der Waals surface area contributed by atoms with Gasteiger partial charge in [0.2, 0.25) is 11.8 Å². The summed E-state index contributed by atoms with van der Waals surface area (Å²) in [6, 6.07) is 3.97. The maximum atomic E-state index is 12.6. The highest BCUT2D eigenvalue weighted by Crippen LogP contribution is 2.34. The molecule has 1 aromatic heterocycles. The van der Waals surface area contributed by atoms with Crippen LogP contribution in [0.25, 0.3) is 0 Å². The lowest BCUT2D eigenvalue weighted by molar-refractivity contribution is -0.150. The lowest BCUT2D eigenvalue weighted by Gasteiger charge is -2.39. The summed E-state index contributed by atoms with van der Waals surface area (Å²) >= 11 is 5.03. The quantitative estimate of drug-likeness (QED) is 0.896. The molecule has 2 aliphatic rings. The molecule has 1 saturated heterocycles.